The summed E-state index contributed by atoms with van der Waals surface area (Å²) in [5.74, 6) is 0.337. The number of carbonyl (C=O) groups excluding carboxylic acids is 1. The van der Waals surface area contributed by atoms with Gasteiger partial charge in [-0.1, -0.05) is 29.8 Å². The number of ether oxygens (including phenoxy) is 1. The maximum Gasteiger partial charge on any atom is 0.237 e. The van der Waals surface area contributed by atoms with Crippen molar-refractivity contribution in [1.82, 2.24) is 10.6 Å². The second-order valence-corrected chi connectivity index (χ2v) is 6.76. The van der Waals surface area contributed by atoms with Crippen LogP contribution < -0.4 is 15.4 Å². The Hall–Kier alpha value is -2.11. The Morgan fingerprint density at radius 2 is 2.00 bits per heavy atom. The minimum absolute atomic E-state index is 0.0734. The van der Waals surface area contributed by atoms with Gasteiger partial charge < -0.3 is 15.4 Å². The average Bonchev–Trinajstić information content (AvgIpc) is 2.85. The summed E-state index contributed by atoms with van der Waals surface area (Å²) >= 11 is 6.00. The van der Waals surface area contributed by atoms with Crippen LogP contribution in [-0.4, -0.2) is 18.5 Å². The molecule has 26 heavy (non-hydrogen) atoms. The highest BCUT2D eigenvalue weighted by Gasteiger charge is 2.19. The molecule has 2 aromatic rings. The highest BCUT2D eigenvalue weighted by Crippen LogP contribution is 2.21. The highest BCUT2D eigenvalue weighted by atomic mass is 35.5. The first-order valence-corrected chi connectivity index (χ1v) is 9.17. The highest BCUT2D eigenvalue weighted by molar-refractivity contribution is 6.31. The number of benzene rings is 2. The van der Waals surface area contributed by atoms with Crippen LogP contribution >= 0.6 is 11.6 Å². The predicted molar refractivity (Wildman–Crippen MR) is 99.7 cm³/mol. The smallest absolute Gasteiger partial charge is 0.237 e. The molecule has 0 unspecified atom stereocenters. The Morgan fingerprint density at radius 3 is 2.77 bits per heavy atom. The molecule has 138 valence electrons. The largest absolute Gasteiger partial charge is 0.489 e. The molecule has 1 fully saturated rings. The number of carbonyl (C=O) groups is 1. The van der Waals surface area contributed by atoms with Crippen LogP contribution in [0.4, 0.5) is 4.39 Å². The van der Waals surface area contributed by atoms with Gasteiger partial charge in [-0.05, 0) is 49.1 Å². The van der Waals surface area contributed by atoms with Gasteiger partial charge in [0.05, 0.1) is 11.1 Å². The van der Waals surface area contributed by atoms with Gasteiger partial charge in [-0.25, -0.2) is 4.39 Å². The maximum absolute atomic E-state index is 13.7. The summed E-state index contributed by atoms with van der Waals surface area (Å²) in [5.41, 5.74) is 1.40. The molecule has 1 amide bonds. The van der Waals surface area contributed by atoms with Crippen LogP contribution in [0.3, 0.4) is 0 Å². The van der Waals surface area contributed by atoms with Gasteiger partial charge in [0.25, 0.3) is 0 Å². The second-order valence-electron chi connectivity index (χ2n) is 6.35. The van der Waals surface area contributed by atoms with E-state index in [1.54, 1.807) is 12.1 Å². The number of amides is 1. The Labute approximate surface area is 157 Å². The van der Waals surface area contributed by atoms with Gasteiger partial charge in [0.2, 0.25) is 5.91 Å². The zero-order chi connectivity index (χ0) is 18.4. The third kappa shape index (κ3) is 4.96. The summed E-state index contributed by atoms with van der Waals surface area (Å²) in [6.45, 7) is 1.44. The quantitative estimate of drug-likeness (QED) is 0.805. The van der Waals surface area contributed by atoms with Crippen LogP contribution in [0.25, 0.3) is 0 Å². The summed E-state index contributed by atoms with van der Waals surface area (Å²) in [6.07, 6.45) is 2.93. The first-order chi connectivity index (χ1) is 12.6. The Balaban J connectivity index is 1.52. The van der Waals surface area contributed by atoms with E-state index in [-0.39, 0.29) is 24.4 Å². The fourth-order valence-electron chi connectivity index (χ4n) is 2.90. The van der Waals surface area contributed by atoms with Crippen molar-refractivity contribution < 1.29 is 13.9 Å². The summed E-state index contributed by atoms with van der Waals surface area (Å²) in [4.78, 5) is 11.9. The van der Waals surface area contributed by atoms with E-state index >= 15 is 0 Å². The van der Waals surface area contributed by atoms with Crippen molar-refractivity contribution in [3.8, 4) is 5.75 Å². The number of hydrogen-bond acceptors (Lipinski definition) is 3. The molecule has 2 aromatic carbocycles. The fraction of sp³-hybridized carbons (Fsp3) is 0.350. The third-order valence-electron chi connectivity index (χ3n) is 4.46. The molecule has 4 nitrogen and oxygen atoms in total. The molecule has 6 heteroatoms. The molecule has 0 aromatic heterocycles. The maximum atomic E-state index is 13.7. The van der Waals surface area contributed by atoms with E-state index in [2.05, 4.69) is 10.6 Å². The lowest BCUT2D eigenvalue weighted by molar-refractivity contribution is -0.122. The molecule has 0 bridgehead atoms. The SMILES string of the molecule is O=C1NCCCC[C@@H]1NCc1ccc(OCc2c(F)cccc2Cl)cc1. The van der Waals surface area contributed by atoms with Crippen molar-refractivity contribution in [3.63, 3.8) is 0 Å². The van der Waals surface area contributed by atoms with Crippen molar-refractivity contribution in [2.75, 3.05) is 6.54 Å². The lowest BCUT2D eigenvalue weighted by Gasteiger charge is -2.15. The van der Waals surface area contributed by atoms with Crippen LogP contribution in [0.1, 0.15) is 30.4 Å². The van der Waals surface area contributed by atoms with E-state index in [4.69, 9.17) is 16.3 Å². The van der Waals surface area contributed by atoms with Crippen LogP contribution in [-0.2, 0) is 17.9 Å². The molecular formula is C20H22ClFN2O2. The molecule has 0 spiro atoms. The Kier molecular flexibility index (Phi) is 6.47. The summed E-state index contributed by atoms with van der Waals surface area (Å²) in [7, 11) is 0. The zero-order valence-electron chi connectivity index (χ0n) is 14.4. The number of halogens is 2. The molecule has 0 radical (unpaired) electrons. The molecule has 0 aliphatic carbocycles. The summed E-state index contributed by atoms with van der Waals surface area (Å²) in [6, 6.07) is 12.0. The second kappa shape index (κ2) is 9.01. The van der Waals surface area contributed by atoms with E-state index in [9.17, 15) is 9.18 Å². The molecular weight excluding hydrogens is 355 g/mol. The van der Waals surface area contributed by atoms with Gasteiger partial charge in [-0.15, -0.1) is 0 Å². The van der Waals surface area contributed by atoms with Gasteiger partial charge in [-0.2, -0.15) is 0 Å². The predicted octanol–water partition coefficient (Wildman–Crippen LogP) is 3.82. The molecule has 2 N–H and O–H groups in total. The van der Waals surface area contributed by atoms with Crippen molar-refractivity contribution >= 4 is 17.5 Å². The number of hydrogen-bond donors (Lipinski definition) is 2. The molecule has 1 saturated heterocycles. The summed E-state index contributed by atoms with van der Waals surface area (Å²) in [5, 5.41) is 6.57. The first kappa shape index (κ1) is 18.7. The molecule has 1 heterocycles. The van der Waals surface area contributed by atoms with Gasteiger partial charge in [0.15, 0.2) is 0 Å². The Bertz CT molecular complexity index is 732. The van der Waals surface area contributed by atoms with Crippen LogP contribution in [0, 0.1) is 5.82 Å². The monoisotopic (exact) mass is 376 g/mol. The van der Waals surface area contributed by atoms with E-state index in [0.717, 1.165) is 31.4 Å². The van der Waals surface area contributed by atoms with Crippen molar-refractivity contribution in [3.05, 3.63) is 64.4 Å². The van der Waals surface area contributed by atoms with E-state index < -0.39 is 0 Å². The topological polar surface area (TPSA) is 50.4 Å². The van der Waals surface area contributed by atoms with Crippen molar-refractivity contribution in [1.29, 1.82) is 0 Å². The number of nitrogens with one attached hydrogen (secondary N) is 2. The molecule has 1 atom stereocenters. The van der Waals surface area contributed by atoms with Gasteiger partial charge in [-0.3, -0.25) is 4.79 Å². The average molecular weight is 377 g/mol. The van der Waals surface area contributed by atoms with E-state index in [0.29, 0.717) is 22.9 Å². The lowest BCUT2D eigenvalue weighted by Crippen LogP contribution is -2.42. The molecule has 1 aliphatic heterocycles. The first-order valence-electron chi connectivity index (χ1n) is 8.79. The van der Waals surface area contributed by atoms with Crippen molar-refractivity contribution in [2.24, 2.45) is 0 Å². The van der Waals surface area contributed by atoms with Gasteiger partial charge >= 0.3 is 0 Å². The van der Waals surface area contributed by atoms with E-state index in [1.807, 2.05) is 24.3 Å². The van der Waals surface area contributed by atoms with Gasteiger partial charge in [0, 0.05) is 18.7 Å². The lowest BCUT2D eigenvalue weighted by atomic mass is 10.1. The van der Waals surface area contributed by atoms with Crippen LogP contribution in [0.15, 0.2) is 42.5 Å². The third-order valence-corrected chi connectivity index (χ3v) is 4.81. The Morgan fingerprint density at radius 1 is 1.19 bits per heavy atom. The number of rotatable bonds is 6. The van der Waals surface area contributed by atoms with E-state index in [1.165, 1.54) is 6.07 Å². The van der Waals surface area contributed by atoms with Crippen LogP contribution in [0.5, 0.6) is 5.75 Å². The normalized spacial score (nSPS) is 17.5. The fourth-order valence-corrected chi connectivity index (χ4v) is 3.12. The standard InChI is InChI=1S/C20H22ClFN2O2/c21-17-4-3-5-18(22)16(17)13-26-15-9-7-14(8-10-15)12-24-19-6-1-2-11-23-20(19)25/h3-5,7-10,19,24H,1-2,6,11-13H2,(H,23,25)/t19-/m0/s1. The van der Waals surface area contributed by atoms with Crippen LogP contribution in [0.2, 0.25) is 5.02 Å². The van der Waals surface area contributed by atoms with Crippen molar-refractivity contribution in [2.45, 2.75) is 38.5 Å². The molecule has 1 aliphatic rings. The minimum atomic E-state index is -0.375. The minimum Gasteiger partial charge on any atom is -0.489 e. The molecule has 0 saturated carbocycles. The zero-order valence-corrected chi connectivity index (χ0v) is 15.2. The molecule has 3 rings (SSSR count). The van der Waals surface area contributed by atoms with Gasteiger partial charge in [0.1, 0.15) is 18.2 Å². The summed E-state index contributed by atoms with van der Waals surface area (Å²) < 4.78 is 19.4.